The summed E-state index contributed by atoms with van der Waals surface area (Å²) in [5.41, 5.74) is 4.43. The molecular formula is C18H21N3OS. The van der Waals surface area contributed by atoms with Crippen molar-refractivity contribution in [3.63, 3.8) is 0 Å². The molecule has 0 saturated heterocycles. The summed E-state index contributed by atoms with van der Waals surface area (Å²) in [4.78, 5) is 21.9. The summed E-state index contributed by atoms with van der Waals surface area (Å²) in [7, 11) is 0. The van der Waals surface area contributed by atoms with Crippen molar-refractivity contribution in [2.24, 2.45) is 0 Å². The predicted molar refractivity (Wildman–Crippen MR) is 97.7 cm³/mol. The van der Waals surface area contributed by atoms with E-state index in [2.05, 4.69) is 47.3 Å². The number of nitrogens with one attached hydrogen (secondary N) is 2. The molecular weight excluding hydrogens is 306 g/mol. The number of aryl methyl sites for hydroxylation is 4. The molecule has 3 rings (SSSR count). The van der Waals surface area contributed by atoms with Gasteiger partial charge in [0.05, 0.1) is 11.4 Å². The van der Waals surface area contributed by atoms with Crippen molar-refractivity contribution >= 4 is 27.2 Å². The number of H-pyrrole nitrogens is 1. The van der Waals surface area contributed by atoms with Crippen LogP contribution in [0.4, 0.5) is 5.69 Å². The molecule has 0 amide bonds. The van der Waals surface area contributed by atoms with Crippen molar-refractivity contribution in [2.75, 3.05) is 5.32 Å². The summed E-state index contributed by atoms with van der Waals surface area (Å²) in [6, 6.07) is 6.26. The minimum absolute atomic E-state index is 0.0547. The first-order valence-electron chi connectivity index (χ1n) is 7.70. The van der Waals surface area contributed by atoms with E-state index in [0.29, 0.717) is 5.82 Å². The van der Waals surface area contributed by atoms with Gasteiger partial charge in [-0.05, 0) is 63.4 Å². The summed E-state index contributed by atoms with van der Waals surface area (Å²) in [5, 5.41) is 4.14. The van der Waals surface area contributed by atoms with E-state index >= 15 is 0 Å². The highest BCUT2D eigenvalue weighted by molar-refractivity contribution is 7.18. The van der Waals surface area contributed by atoms with Crippen LogP contribution < -0.4 is 10.9 Å². The second-order valence-electron chi connectivity index (χ2n) is 6.16. The lowest BCUT2D eigenvalue weighted by Gasteiger charge is -2.15. The summed E-state index contributed by atoms with van der Waals surface area (Å²) in [6.07, 6.45) is 0. The van der Waals surface area contributed by atoms with E-state index < -0.39 is 0 Å². The first kappa shape index (κ1) is 15.7. The Morgan fingerprint density at radius 3 is 2.43 bits per heavy atom. The number of nitrogens with zero attached hydrogens (tertiary/aromatic N) is 1. The minimum Gasteiger partial charge on any atom is -0.375 e. The Morgan fingerprint density at radius 1 is 1.13 bits per heavy atom. The molecule has 0 saturated carbocycles. The van der Waals surface area contributed by atoms with Crippen molar-refractivity contribution < 1.29 is 0 Å². The topological polar surface area (TPSA) is 57.8 Å². The van der Waals surface area contributed by atoms with E-state index in [1.54, 1.807) is 11.3 Å². The van der Waals surface area contributed by atoms with Gasteiger partial charge in [-0.25, -0.2) is 4.98 Å². The van der Waals surface area contributed by atoms with Crippen LogP contribution in [0.3, 0.4) is 0 Å². The largest absolute Gasteiger partial charge is 0.375 e. The maximum Gasteiger partial charge on any atom is 0.259 e. The zero-order valence-corrected chi connectivity index (χ0v) is 14.9. The molecule has 0 radical (unpaired) electrons. The van der Waals surface area contributed by atoms with Crippen molar-refractivity contribution in [3.05, 3.63) is 55.9 Å². The third kappa shape index (κ3) is 3.01. The van der Waals surface area contributed by atoms with E-state index in [9.17, 15) is 4.79 Å². The molecule has 0 unspecified atom stereocenters. The lowest BCUT2D eigenvalue weighted by atomic mass is 10.1. The first-order valence-corrected chi connectivity index (χ1v) is 8.51. The van der Waals surface area contributed by atoms with Crippen LogP contribution in [-0.4, -0.2) is 9.97 Å². The lowest BCUT2D eigenvalue weighted by molar-refractivity contribution is 0.792. The molecule has 2 N–H and O–H groups in total. The van der Waals surface area contributed by atoms with E-state index in [1.807, 2.05) is 20.8 Å². The molecule has 1 atom stereocenters. The van der Waals surface area contributed by atoms with Crippen molar-refractivity contribution in [2.45, 2.75) is 40.7 Å². The second kappa shape index (κ2) is 5.81. The van der Waals surface area contributed by atoms with Gasteiger partial charge in [-0.1, -0.05) is 6.07 Å². The summed E-state index contributed by atoms with van der Waals surface area (Å²) in [5.74, 6) is 0.669. The molecule has 0 spiro atoms. The van der Waals surface area contributed by atoms with E-state index in [1.165, 1.54) is 11.1 Å². The number of aromatic nitrogens is 2. The Labute approximate surface area is 139 Å². The normalized spacial score (nSPS) is 12.6. The van der Waals surface area contributed by atoms with E-state index in [-0.39, 0.29) is 11.6 Å². The van der Waals surface area contributed by atoms with E-state index in [4.69, 9.17) is 0 Å². The third-order valence-electron chi connectivity index (χ3n) is 4.07. The summed E-state index contributed by atoms with van der Waals surface area (Å²) >= 11 is 1.58. The monoisotopic (exact) mass is 327 g/mol. The number of aromatic amines is 1. The molecule has 3 aromatic rings. The molecule has 4 nitrogen and oxygen atoms in total. The highest BCUT2D eigenvalue weighted by Crippen LogP contribution is 2.27. The molecule has 0 fully saturated rings. The number of hydrogen-bond acceptors (Lipinski definition) is 4. The van der Waals surface area contributed by atoms with Gasteiger partial charge < -0.3 is 10.3 Å². The van der Waals surface area contributed by atoms with Crippen LogP contribution >= 0.6 is 11.3 Å². The standard InChI is InChI=1S/C18H21N3OS/c1-9-6-10(2)8-14(7-9)19-12(4)16-20-17(22)15-11(3)13(5)23-18(15)21-16/h6-8,12,19H,1-5H3,(H,20,21,22)/t12-/m0/s1. The molecule has 0 bridgehead atoms. The number of thiophene rings is 1. The Morgan fingerprint density at radius 2 is 1.78 bits per heavy atom. The van der Waals surface area contributed by atoms with Crippen molar-refractivity contribution in [3.8, 4) is 0 Å². The maximum atomic E-state index is 12.4. The fourth-order valence-corrected chi connectivity index (χ4v) is 3.89. The van der Waals surface area contributed by atoms with Gasteiger partial charge in [0, 0.05) is 10.6 Å². The van der Waals surface area contributed by atoms with Gasteiger partial charge in [0.2, 0.25) is 0 Å². The predicted octanol–water partition coefficient (Wildman–Crippen LogP) is 4.39. The molecule has 2 heterocycles. The average Bonchev–Trinajstić information content (AvgIpc) is 2.73. The third-order valence-corrected chi connectivity index (χ3v) is 5.17. The van der Waals surface area contributed by atoms with Crippen LogP contribution in [0.15, 0.2) is 23.0 Å². The van der Waals surface area contributed by atoms with E-state index in [0.717, 1.165) is 26.3 Å². The van der Waals surface area contributed by atoms with Crippen LogP contribution in [0.1, 0.15) is 40.4 Å². The fraction of sp³-hybridized carbons (Fsp3) is 0.333. The van der Waals surface area contributed by atoms with Gasteiger partial charge in [0.25, 0.3) is 5.56 Å². The Kier molecular flexibility index (Phi) is 3.98. The number of rotatable bonds is 3. The molecule has 1 aromatic carbocycles. The Hall–Kier alpha value is -2.14. The highest BCUT2D eigenvalue weighted by atomic mass is 32.1. The number of anilines is 1. The van der Waals surface area contributed by atoms with Crippen LogP contribution in [0.5, 0.6) is 0 Å². The van der Waals surface area contributed by atoms with Gasteiger partial charge in [0.1, 0.15) is 10.7 Å². The van der Waals surface area contributed by atoms with Crippen molar-refractivity contribution in [1.82, 2.24) is 9.97 Å². The molecule has 2 aromatic heterocycles. The minimum atomic E-state index is -0.0731. The van der Waals surface area contributed by atoms with Crippen LogP contribution in [0, 0.1) is 27.7 Å². The maximum absolute atomic E-state index is 12.4. The fourth-order valence-electron chi connectivity index (χ4n) is 2.85. The Bertz CT molecular complexity index is 919. The molecule has 23 heavy (non-hydrogen) atoms. The average molecular weight is 327 g/mol. The van der Waals surface area contributed by atoms with Crippen LogP contribution in [0.2, 0.25) is 0 Å². The van der Waals surface area contributed by atoms with Gasteiger partial charge >= 0.3 is 0 Å². The zero-order valence-electron chi connectivity index (χ0n) is 14.1. The van der Waals surface area contributed by atoms with Crippen molar-refractivity contribution in [1.29, 1.82) is 0 Å². The van der Waals surface area contributed by atoms with Gasteiger partial charge in [-0.15, -0.1) is 11.3 Å². The lowest BCUT2D eigenvalue weighted by Crippen LogP contribution is -2.17. The zero-order chi connectivity index (χ0) is 16.7. The summed E-state index contributed by atoms with van der Waals surface area (Å²) < 4.78 is 0. The van der Waals surface area contributed by atoms with Gasteiger partial charge in [-0.2, -0.15) is 0 Å². The number of fused-ring (bicyclic) bond motifs is 1. The summed E-state index contributed by atoms with van der Waals surface area (Å²) in [6.45, 7) is 10.2. The molecule has 5 heteroatoms. The van der Waals surface area contributed by atoms with Gasteiger partial charge in [0.15, 0.2) is 0 Å². The van der Waals surface area contributed by atoms with Crippen LogP contribution in [-0.2, 0) is 0 Å². The molecule has 0 aliphatic carbocycles. The first-order chi connectivity index (χ1) is 10.8. The molecule has 120 valence electrons. The quantitative estimate of drug-likeness (QED) is 0.750. The van der Waals surface area contributed by atoms with Gasteiger partial charge in [-0.3, -0.25) is 4.79 Å². The second-order valence-corrected chi connectivity index (χ2v) is 7.36. The Balaban J connectivity index is 1.97. The highest BCUT2D eigenvalue weighted by Gasteiger charge is 2.15. The smallest absolute Gasteiger partial charge is 0.259 e. The molecule has 0 aliphatic rings. The van der Waals surface area contributed by atoms with Crippen LogP contribution in [0.25, 0.3) is 10.2 Å². The molecule has 0 aliphatic heterocycles. The number of benzene rings is 1. The SMILES string of the molecule is Cc1cc(C)cc(N[C@@H](C)c2nc3sc(C)c(C)c3c(=O)[nH]2)c1. The number of hydrogen-bond donors (Lipinski definition) is 2.